The zero-order chi connectivity index (χ0) is 18.5. The Kier molecular flexibility index (Phi) is 5.17. The van der Waals surface area contributed by atoms with Gasteiger partial charge < -0.3 is 10.3 Å². The van der Waals surface area contributed by atoms with Crippen molar-refractivity contribution in [2.75, 3.05) is 0 Å². The molecule has 0 fully saturated rings. The number of aromatic amines is 1. The van der Waals surface area contributed by atoms with Gasteiger partial charge in [0.15, 0.2) is 0 Å². The molecule has 0 saturated carbocycles. The van der Waals surface area contributed by atoms with Crippen LogP contribution in [0, 0.1) is 12.7 Å². The standard InChI is InChI=1S/C19H17FN4O2/c1-12-22-15(11-18(25)23-12)10-17(13-5-7-14(20)8-6-13)24-19(26)16-4-2-3-9-21-16/h2-9,11,17H,10H2,1H3,(H,24,26)(H,22,23,25)/t17-/m0/s1. The first kappa shape index (κ1) is 17.5. The van der Waals surface area contributed by atoms with Crippen LogP contribution in [0.2, 0.25) is 0 Å². The van der Waals surface area contributed by atoms with E-state index in [4.69, 9.17) is 0 Å². The van der Waals surface area contributed by atoms with E-state index in [2.05, 4.69) is 20.3 Å². The van der Waals surface area contributed by atoms with Crippen LogP contribution in [-0.2, 0) is 6.42 Å². The van der Waals surface area contributed by atoms with Crippen LogP contribution in [0.3, 0.4) is 0 Å². The molecule has 26 heavy (non-hydrogen) atoms. The van der Waals surface area contributed by atoms with Crippen molar-refractivity contribution in [3.8, 4) is 0 Å². The lowest BCUT2D eigenvalue weighted by molar-refractivity contribution is 0.0931. The highest BCUT2D eigenvalue weighted by Gasteiger charge is 2.18. The Bertz CT molecular complexity index is 955. The summed E-state index contributed by atoms with van der Waals surface area (Å²) in [5.74, 6) is -0.239. The first-order valence-corrected chi connectivity index (χ1v) is 8.05. The number of nitrogens with zero attached hydrogens (tertiary/aromatic N) is 2. The van der Waals surface area contributed by atoms with Crippen molar-refractivity contribution in [1.82, 2.24) is 20.3 Å². The van der Waals surface area contributed by atoms with Crippen LogP contribution >= 0.6 is 0 Å². The first-order chi connectivity index (χ1) is 12.5. The number of halogens is 1. The fraction of sp³-hybridized carbons (Fsp3) is 0.158. The predicted octanol–water partition coefficient (Wildman–Crippen LogP) is 2.33. The molecule has 2 heterocycles. The molecular weight excluding hydrogens is 335 g/mol. The topological polar surface area (TPSA) is 87.7 Å². The van der Waals surface area contributed by atoms with Gasteiger partial charge in [0.1, 0.15) is 17.3 Å². The zero-order valence-corrected chi connectivity index (χ0v) is 14.1. The van der Waals surface area contributed by atoms with Crippen LogP contribution in [0.5, 0.6) is 0 Å². The van der Waals surface area contributed by atoms with Gasteiger partial charge in [0.2, 0.25) is 0 Å². The molecule has 0 bridgehead atoms. The lowest BCUT2D eigenvalue weighted by Crippen LogP contribution is -2.31. The molecule has 1 aromatic carbocycles. The average Bonchev–Trinajstić information content (AvgIpc) is 2.61. The van der Waals surface area contributed by atoms with Crippen molar-refractivity contribution < 1.29 is 9.18 Å². The van der Waals surface area contributed by atoms with E-state index >= 15 is 0 Å². The Morgan fingerprint density at radius 1 is 1.23 bits per heavy atom. The summed E-state index contributed by atoms with van der Waals surface area (Å²) < 4.78 is 13.3. The van der Waals surface area contributed by atoms with Crippen LogP contribution in [0.4, 0.5) is 4.39 Å². The van der Waals surface area contributed by atoms with Gasteiger partial charge in [0.05, 0.1) is 11.7 Å². The Balaban J connectivity index is 1.89. The van der Waals surface area contributed by atoms with E-state index in [1.54, 1.807) is 37.3 Å². The first-order valence-electron chi connectivity index (χ1n) is 8.05. The number of H-pyrrole nitrogens is 1. The van der Waals surface area contributed by atoms with Crippen LogP contribution < -0.4 is 10.9 Å². The summed E-state index contributed by atoms with van der Waals surface area (Å²) in [6.45, 7) is 1.68. The molecule has 0 spiro atoms. The lowest BCUT2D eigenvalue weighted by atomic mass is 10.0. The van der Waals surface area contributed by atoms with Crippen molar-refractivity contribution in [3.63, 3.8) is 0 Å². The molecule has 3 aromatic rings. The molecular formula is C19H17FN4O2. The number of benzene rings is 1. The molecule has 0 unspecified atom stereocenters. The Morgan fingerprint density at radius 3 is 2.65 bits per heavy atom. The number of hydrogen-bond acceptors (Lipinski definition) is 4. The molecule has 7 heteroatoms. The molecule has 3 rings (SSSR count). The number of amides is 1. The Hall–Kier alpha value is -3.35. The van der Waals surface area contributed by atoms with Crippen molar-refractivity contribution in [2.45, 2.75) is 19.4 Å². The van der Waals surface area contributed by atoms with Crippen LogP contribution in [-0.4, -0.2) is 20.9 Å². The van der Waals surface area contributed by atoms with Gasteiger partial charge in [0, 0.05) is 18.7 Å². The van der Waals surface area contributed by atoms with Crippen LogP contribution in [0.15, 0.2) is 59.5 Å². The second-order valence-electron chi connectivity index (χ2n) is 5.82. The summed E-state index contributed by atoms with van der Waals surface area (Å²) in [7, 11) is 0. The molecule has 0 saturated heterocycles. The SMILES string of the molecule is Cc1nc(C[C@H](NC(=O)c2ccccn2)c2ccc(F)cc2)cc(=O)[nH]1. The van der Waals surface area contributed by atoms with Gasteiger partial charge in [-0.3, -0.25) is 14.6 Å². The van der Waals surface area contributed by atoms with E-state index in [1.165, 1.54) is 24.4 Å². The average molecular weight is 352 g/mol. The maximum atomic E-state index is 13.3. The molecule has 0 radical (unpaired) electrons. The van der Waals surface area contributed by atoms with Crippen molar-refractivity contribution in [1.29, 1.82) is 0 Å². The Labute approximate surface area is 149 Å². The third kappa shape index (κ3) is 4.38. The molecule has 0 aliphatic heterocycles. The van der Waals surface area contributed by atoms with Crippen molar-refractivity contribution >= 4 is 5.91 Å². The molecule has 1 amide bonds. The lowest BCUT2D eigenvalue weighted by Gasteiger charge is -2.19. The third-order valence-electron chi connectivity index (χ3n) is 3.80. The number of carbonyl (C=O) groups is 1. The van der Waals surface area contributed by atoms with E-state index in [0.717, 1.165) is 0 Å². The zero-order valence-electron chi connectivity index (χ0n) is 14.1. The fourth-order valence-corrected chi connectivity index (χ4v) is 2.63. The van der Waals surface area contributed by atoms with Crippen LogP contribution in [0.25, 0.3) is 0 Å². The molecule has 1 atom stereocenters. The number of aryl methyl sites for hydroxylation is 1. The second-order valence-corrected chi connectivity index (χ2v) is 5.82. The van der Waals surface area contributed by atoms with Gasteiger partial charge in [0.25, 0.3) is 11.5 Å². The molecule has 2 N–H and O–H groups in total. The maximum absolute atomic E-state index is 13.3. The van der Waals surface area contributed by atoms with E-state index in [-0.39, 0.29) is 29.4 Å². The third-order valence-corrected chi connectivity index (χ3v) is 3.80. The minimum atomic E-state index is -0.487. The number of aromatic nitrogens is 3. The summed E-state index contributed by atoms with van der Waals surface area (Å²) in [4.78, 5) is 35.1. The van der Waals surface area contributed by atoms with Crippen molar-refractivity contribution in [3.05, 3.63) is 93.7 Å². The van der Waals surface area contributed by atoms with E-state index < -0.39 is 6.04 Å². The molecule has 132 valence electrons. The maximum Gasteiger partial charge on any atom is 0.270 e. The van der Waals surface area contributed by atoms with E-state index in [1.807, 2.05) is 0 Å². The summed E-state index contributed by atoms with van der Waals surface area (Å²) in [5.41, 5.74) is 1.24. The number of rotatable bonds is 5. The van der Waals surface area contributed by atoms with Gasteiger partial charge in [-0.1, -0.05) is 18.2 Å². The normalized spacial score (nSPS) is 11.8. The number of carbonyl (C=O) groups excluding carboxylic acids is 1. The predicted molar refractivity (Wildman–Crippen MR) is 94.1 cm³/mol. The highest BCUT2D eigenvalue weighted by molar-refractivity contribution is 5.92. The molecule has 2 aromatic heterocycles. The van der Waals surface area contributed by atoms with Gasteiger partial charge in [-0.2, -0.15) is 0 Å². The highest BCUT2D eigenvalue weighted by Crippen LogP contribution is 2.18. The number of pyridine rings is 1. The summed E-state index contributed by atoms with van der Waals surface area (Å²) in [6, 6.07) is 11.8. The van der Waals surface area contributed by atoms with Crippen molar-refractivity contribution in [2.24, 2.45) is 0 Å². The molecule has 0 aliphatic carbocycles. The number of nitrogens with one attached hydrogen (secondary N) is 2. The smallest absolute Gasteiger partial charge is 0.270 e. The van der Waals surface area contributed by atoms with E-state index in [9.17, 15) is 14.0 Å². The summed E-state index contributed by atoms with van der Waals surface area (Å²) >= 11 is 0. The minimum Gasteiger partial charge on any atom is -0.344 e. The largest absolute Gasteiger partial charge is 0.344 e. The minimum absolute atomic E-state index is 0.263. The monoisotopic (exact) mass is 352 g/mol. The molecule has 6 nitrogen and oxygen atoms in total. The number of hydrogen-bond donors (Lipinski definition) is 2. The van der Waals surface area contributed by atoms with E-state index in [0.29, 0.717) is 17.1 Å². The molecule has 0 aliphatic rings. The highest BCUT2D eigenvalue weighted by atomic mass is 19.1. The second kappa shape index (κ2) is 7.69. The Morgan fingerprint density at radius 2 is 2.00 bits per heavy atom. The quantitative estimate of drug-likeness (QED) is 0.738. The summed E-state index contributed by atoms with van der Waals surface area (Å²) in [5, 5.41) is 2.88. The van der Waals surface area contributed by atoms with Gasteiger partial charge in [-0.05, 0) is 36.8 Å². The van der Waals surface area contributed by atoms with Gasteiger partial charge >= 0.3 is 0 Å². The fourth-order valence-electron chi connectivity index (χ4n) is 2.63. The van der Waals surface area contributed by atoms with Crippen LogP contribution in [0.1, 0.15) is 33.6 Å². The summed E-state index contributed by atoms with van der Waals surface area (Å²) in [6.07, 6.45) is 1.82. The van der Waals surface area contributed by atoms with Gasteiger partial charge in [-0.15, -0.1) is 0 Å². The van der Waals surface area contributed by atoms with Gasteiger partial charge in [-0.25, -0.2) is 9.37 Å².